The first-order valence-corrected chi connectivity index (χ1v) is 14.2. The number of carbonyl (C=O) groups is 2. The third kappa shape index (κ3) is 13.3. The highest BCUT2D eigenvalue weighted by Gasteiger charge is 2.34. The highest BCUT2D eigenvalue weighted by molar-refractivity contribution is 7.89. The zero-order valence-electron chi connectivity index (χ0n) is 23.0. The first-order chi connectivity index (χ1) is 16.6. The number of nitrogens with one attached hydrogen (secondary N) is 2. The summed E-state index contributed by atoms with van der Waals surface area (Å²) in [4.78, 5) is 27.7. The molecule has 0 radical (unpaired) electrons. The van der Waals surface area contributed by atoms with Crippen LogP contribution in [0.15, 0.2) is 30.3 Å². The summed E-state index contributed by atoms with van der Waals surface area (Å²) in [6.07, 6.45) is 0.415. The quantitative estimate of drug-likeness (QED) is 0.320. The van der Waals surface area contributed by atoms with E-state index in [1.807, 2.05) is 65.0 Å². The van der Waals surface area contributed by atoms with Crippen LogP contribution in [0.3, 0.4) is 0 Å². The number of nitrogens with zero attached hydrogens (tertiary/aromatic N) is 2. The smallest absolute Gasteiger partial charge is 0.252 e. The SMILES string of the molecule is CC(C)CCCS(=O)(=O)NC[C@@H](O)C(Cc1ccccc1)N(NC(=O)CN(C)C)C(=O)CC(C)(C)C. The maximum absolute atomic E-state index is 13.4. The molecular formula is C26H46N4O5S. The van der Waals surface area contributed by atoms with Crippen LogP contribution in [0, 0.1) is 11.3 Å². The molecule has 1 aromatic rings. The van der Waals surface area contributed by atoms with Gasteiger partial charge in [0.2, 0.25) is 15.9 Å². The number of hydrazine groups is 1. The number of aliphatic hydroxyl groups is 1. The van der Waals surface area contributed by atoms with E-state index >= 15 is 0 Å². The van der Waals surface area contributed by atoms with Gasteiger partial charge >= 0.3 is 0 Å². The fourth-order valence-corrected chi connectivity index (χ4v) is 4.80. The molecule has 0 saturated heterocycles. The molecule has 10 heteroatoms. The van der Waals surface area contributed by atoms with Gasteiger partial charge in [-0.3, -0.25) is 15.0 Å². The Kier molecular flexibility index (Phi) is 13.0. The van der Waals surface area contributed by atoms with E-state index in [-0.39, 0.29) is 43.0 Å². The minimum Gasteiger partial charge on any atom is -0.390 e. The van der Waals surface area contributed by atoms with Crippen molar-refractivity contribution in [3.63, 3.8) is 0 Å². The summed E-state index contributed by atoms with van der Waals surface area (Å²) in [6.45, 7) is 9.59. The van der Waals surface area contributed by atoms with Crippen LogP contribution in [-0.4, -0.2) is 80.3 Å². The summed E-state index contributed by atoms with van der Waals surface area (Å²) in [5, 5.41) is 12.4. The molecule has 2 atom stereocenters. The number of hydrogen-bond donors (Lipinski definition) is 3. The van der Waals surface area contributed by atoms with E-state index in [1.165, 1.54) is 5.01 Å². The number of carbonyl (C=O) groups excluding carboxylic acids is 2. The Morgan fingerprint density at radius 2 is 1.69 bits per heavy atom. The topological polar surface area (TPSA) is 119 Å². The number of sulfonamides is 1. The number of aliphatic hydroxyl groups excluding tert-OH is 1. The van der Waals surface area contributed by atoms with Crippen LogP contribution in [0.5, 0.6) is 0 Å². The first kappa shape index (κ1) is 32.0. The Hall–Kier alpha value is -2.01. The normalized spacial score (nSPS) is 14.1. The molecule has 0 bridgehead atoms. The Morgan fingerprint density at radius 1 is 1.08 bits per heavy atom. The molecule has 1 rings (SSSR count). The molecule has 36 heavy (non-hydrogen) atoms. The van der Waals surface area contributed by atoms with Gasteiger partial charge in [-0.15, -0.1) is 0 Å². The van der Waals surface area contributed by atoms with Crippen LogP contribution in [0.1, 0.15) is 59.4 Å². The molecule has 206 valence electrons. The largest absolute Gasteiger partial charge is 0.390 e. The molecule has 0 heterocycles. The van der Waals surface area contributed by atoms with Gasteiger partial charge in [-0.1, -0.05) is 65.0 Å². The molecule has 0 aromatic heterocycles. The number of rotatable bonds is 14. The van der Waals surface area contributed by atoms with Gasteiger partial charge in [0.05, 0.1) is 24.4 Å². The Morgan fingerprint density at radius 3 is 2.22 bits per heavy atom. The monoisotopic (exact) mass is 526 g/mol. The standard InChI is InChI=1S/C26H46N4O5S/c1-20(2)12-11-15-36(34,35)27-18-23(31)22(16-21-13-9-8-10-14-21)30(25(33)17-26(3,4)5)28-24(32)19-29(6)7/h8-10,13-14,20,22-23,27,31H,11-12,15-19H2,1-7H3,(H,28,32)/t22?,23-/m1/s1. The minimum absolute atomic E-state index is 0.0342. The van der Waals surface area contributed by atoms with Crippen molar-refractivity contribution in [3.05, 3.63) is 35.9 Å². The molecule has 1 unspecified atom stereocenters. The third-order valence-electron chi connectivity index (χ3n) is 5.43. The summed E-state index contributed by atoms with van der Waals surface area (Å²) >= 11 is 0. The van der Waals surface area contributed by atoms with E-state index in [0.29, 0.717) is 12.3 Å². The van der Waals surface area contributed by atoms with Crippen molar-refractivity contribution in [1.82, 2.24) is 20.1 Å². The van der Waals surface area contributed by atoms with E-state index in [2.05, 4.69) is 10.1 Å². The van der Waals surface area contributed by atoms with Gasteiger partial charge in [0.25, 0.3) is 5.91 Å². The molecular weight excluding hydrogens is 480 g/mol. The number of benzene rings is 1. The predicted molar refractivity (Wildman–Crippen MR) is 143 cm³/mol. The lowest BCUT2D eigenvalue weighted by atomic mass is 9.91. The molecule has 0 aliphatic rings. The molecule has 0 aliphatic heterocycles. The summed E-state index contributed by atoms with van der Waals surface area (Å²) < 4.78 is 27.5. The molecule has 0 aliphatic carbocycles. The van der Waals surface area contributed by atoms with Crippen LogP contribution in [0.4, 0.5) is 0 Å². The lowest BCUT2D eigenvalue weighted by Crippen LogP contribution is -2.60. The number of hydrogen-bond acceptors (Lipinski definition) is 6. The van der Waals surface area contributed by atoms with Crippen molar-refractivity contribution < 1.29 is 23.1 Å². The van der Waals surface area contributed by atoms with E-state index in [4.69, 9.17) is 0 Å². The Balaban J connectivity index is 3.20. The first-order valence-electron chi connectivity index (χ1n) is 12.5. The molecule has 1 aromatic carbocycles. The van der Waals surface area contributed by atoms with Crippen LogP contribution in [0.2, 0.25) is 0 Å². The van der Waals surface area contributed by atoms with Crippen molar-refractivity contribution in [3.8, 4) is 0 Å². The van der Waals surface area contributed by atoms with Gasteiger partial charge in [0, 0.05) is 13.0 Å². The predicted octanol–water partition coefficient (Wildman–Crippen LogP) is 2.17. The van der Waals surface area contributed by atoms with Gasteiger partial charge in [-0.25, -0.2) is 18.1 Å². The van der Waals surface area contributed by atoms with Gasteiger partial charge in [-0.2, -0.15) is 0 Å². The maximum atomic E-state index is 13.4. The van der Waals surface area contributed by atoms with Gasteiger partial charge in [0.15, 0.2) is 0 Å². The zero-order valence-corrected chi connectivity index (χ0v) is 23.8. The summed E-state index contributed by atoms with van der Waals surface area (Å²) in [5.41, 5.74) is 3.17. The van der Waals surface area contributed by atoms with Crippen molar-refractivity contribution in [2.45, 2.75) is 72.4 Å². The van der Waals surface area contributed by atoms with Gasteiger partial charge < -0.3 is 10.0 Å². The Labute approximate surface area is 217 Å². The van der Waals surface area contributed by atoms with Crippen LogP contribution < -0.4 is 10.1 Å². The summed E-state index contributed by atoms with van der Waals surface area (Å²) in [5.74, 6) is -0.390. The maximum Gasteiger partial charge on any atom is 0.252 e. The fourth-order valence-electron chi connectivity index (χ4n) is 3.68. The Bertz CT molecular complexity index is 914. The second-order valence-corrected chi connectivity index (χ2v) is 13.2. The molecule has 0 fully saturated rings. The third-order valence-corrected chi connectivity index (χ3v) is 6.86. The average molecular weight is 527 g/mol. The molecule has 3 N–H and O–H groups in total. The molecule has 0 spiro atoms. The highest BCUT2D eigenvalue weighted by atomic mass is 32.2. The van der Waals surface area contributed by atoms with Crippen LogP contribution >= 0.6 is 0 Å². The molecule has 2 amide bonds. The van der Waals surface area contributed by atoms with Crippen molar-refractivity contribution in [2.24, 2.45) is 11.3 Å². The highest BCUT2D eigenvalue weighted by Crippen LogP contribution is 2.22. The van der Waals surface area contributed by atoms with Crippen molar-refractivity contribution in [1.29, 1.82) is 0 Å². The zero-order chi connectivity index (χ0) is 27.5. The van der Waals surface area contributed by atoms with E-state index in [1.54, 1.807) is 19.0 Å². The molecule has 0 saturated carbocycles. The van der Waals surface area contributed by atoms with Crippen LogP contribution in [0.25, 0.3) is 0 Å². The lowest BCUT2D eigenvalue weighted by Gasteiger charge is -2.36. The molecule has 9 nitrogen and oxygen atoms in total. The summed E-state index contributed by atoms with van der Waals surface area (Å²) in [6, 6.07) is 8.41. The second kappa shape index (κ2) is 14.7. The number of likely N-dealkylation sites (N-methyl/N-ethyl adjacent to an activating group) is 1. The van der Waals surface area contributed by atoms with Crippen molar-refractivity contribution in [2.75, 3.05) is 32.9 Å². The lowest BCUT2D eigenvalue weighted by molar-refractivity contribution is -0.149. The minimum atomic E-state index is -3.60. The second-order valence-electron chi connectivity index (χ2n) is 11.3. The average Bonchev–Trinajstić information content (AvgIpc) is 2.73. The van der Waals surface area contributed by atoms with Crippen LogP contribution in [-0.2, 0) is 26.0 Å². The van der Waals surface area contributed by atoms with Gasteiger partial charge in [-0.05, 0) is 50.3 Å². The summed E-state index contributed by atoms with van der Waals surface area (Å²) in [7, 11) is -0.117. The van der Waals surface area contributed by atoms with Crippen molar-refractivity contribution >= 4 is 21.8 Å². The fraction of sp³-hybridized carbons (Fsp3) is 0.692. The van der Waals surface area contributed by atoms with E-state index in [0.717, 1.165) is 12.0 Å². The van der Waals surface area contributed by atoms with E-state index < -0.39 is 28.1 Å². The van der Waals surface area contributed by atoms with E-state index in [9.17, 15) is 23.1 Å². The number of amides is 2. The van der Waals surface area contributed by atoms with Gasteiger partial charge in [0.1, 0.15) is 0 Å².